The molecule has 0 radical (unpaired) electrons. The van der Waals surface area contributed by atoms with Gasteiger partial charge in [0, 0.05) is 24.2 Å². The first-order chi connectivity index (χ1) is 11.2. The number of benzene rings is 1. The Morgan fingerprint density at radius 2 is 2.22 bits per heavy atom. The predicted molar refractivity (Wildman–Crippen MR) is 88.3 cm³/mol. The van der Waals surface area contributed by atoms with Crippen LogP contribution in [0.25, 0.3) is 0 Å². The molecule has 5 nitrogen and oxygen atoms in total. The molecule has 2 heterocycles. The van der Waals surface area contributed by atoms with Crippen molar-refractivity contribution in [2.24, 2.45) is 0 Å². The number of amides is 1. The smallest absolute Gasteiger partial charge is 0.222 e. The SMILES string of the molecule is O=C(CCCc1cn[nH]c1)N1CCOC(c2ccc(Cl)cc2)C1. The molecule has 0 spiro atoms. The number of carbonyl (C=O) groups excluding carboxylic acids is 1. The maximum absolute atomic E-state index is 12.4. The molecule has 2 aromatic rings. The third-order valence-corrected chi connectivity index (χ3v) is 4.32. The van der Waals surface area contributed by atoms with Crippen molar-refractivity contribution in [3.63, 3.8) is 0 Å². The summed E-state index contributed by atoms with van der Waals surface area (Å²) in [5.41, 5.74) is 2.20. The lowest BCUT2D eigenvalue weighted by molar-refractivity contribution is -0.139. The maximum Gasteiger partial charge on any atom is 0.222 e. The Bertz CT molecular complexity index is 628. The molecule has 1 atom stereocenters. The summed E-state index contributed by atoms with van der Waals surface area (Å²) in [7, 11) is 0. The number of hydrogen-bond acceptors (Lipinski definition) is 3. The Morgan fingerprint density at radius 1 is 1.39 bits per heavy atom. The van der Waals surface area contributed by atoms with Crippen LogP contribution < -0.4 is 0 Å². The average molecular weight is 334 g/mol. The van der Waals surface area contributed by atoms with Gasteiger partial charge < -0.3 is 9.64 Å². The van der Waals surface area contributed by atoms with Crippen LogP contribution in [-0.4, -0.2) is 40.7 Å². The molecule has 1 aromatic carbocycles. The van der Waals surface area contributed by atoms with Gasteiger partial charge in [-0.1, -0.05) is 23.7 Å². The summed E-state index contributed by atoms with van der Waals surface area (Å²) in [6, 6.07) is 7.62. The van der Waals surface area contributed by atoms with E-state index >= 15 is 0 Å². The number of hydrogen-bond donors (Lipinski definition) is 1. The van der Waals surface area contributed by atoms with Gasteiger partial charge in [-0.2, -0.15) is 5.10 Å². The quantitative estimate of drug-likeness (QED) is 0.915. The largest absolute Gasteiger partial charge is 0.370 e. The number of H-pyrrole nitrogens is 1. The molecule has 1 fully saturated rings. The monoisotopic (exact) mass is 333 g/mol. The van der Waals surface area contributed by atoms with Crippen molar-refractivity contribution in [3.8, 4) is 0 Å². The van der Waals surface area contributed by atoms with Crippen LogP contribution in [0.5, 0.6) is 0 Å². The van der Waals surface area contributed by atoms with Crippen molar-refractivity contribution in [3.05, 3.63) is 52.8 Å². The summed E-state index contributed by atoms with van der Waals surface area (Å²) < 4.78 is 5.80. The minimum Gasteiger partial charge on any atom is -0.370 e. The normalized spacial score (nSPS) is 18.1. The fraction of sp³-hybridized carbons (Fsp3) is 0.412. The zero-order valence-corrected chi connectivity index (χ0v) is 13.6. The molecule has 0 aliphatic carbocycles. The van der Waals surface area contributed by atoms with Crippen molar-refractivity contribution in [1.29, 1.82) is 0 Å². The van der Waals surface area contributed by atoms with Crippen LogP contribution in [0, 0.1) is 0 Å². The first kappa shape index (κ1) is 16.0. The van der Waals surface area contributed by atoms with Gasteiger partial charge in [0.15, 0.2) is 0 Å². The molecule has 0 saturated carbocycles. The molecule has 1 N–H and O–H groups in total. The fourth-order valence-corrected chi connectivity index (χ4v) is 2.90. The van der Waals surface area contributed by atoms with E-state index in [0.29, 0.717) is 31.1 Å². The molecule has 1 saturated heterocycles. The number of morpholine rings is 1. The van der Waals surface area contributed by atoms with Crippen LogP contribution in [0.2, 0.25) is 5.02 Å². The van der Waals surface area contributed by atoms with Crippen molar-refractivity contribution < 1.29 is 9.53 Å². The van der Waals surface area contributed by atoms with E-state index < -0.39 is 0 Å². The zero-order chi connectivity index (χ0) is 16.1. The van der Waals surface area contributed by atoms with Gasteiger partial charge in [-0.3, -0.25) is 9.89 Å². The lowest BCUT2D eigenvalue weighted by atomic mass is 10.1. The Labute approximate surface area is 140 Å². The maximum atomic E-state index is 12.4. The lowest BCUT2D eigenvalue weighted by Crippen LogP contribution is -2.42. The van der Waals surface area contributed by atoms with Gasteiger partial charge in [-0.25, -0.2) is 0 Å². The Morgan fingerprint density at radius 3 is 2.96 bits per heavy atom. The van der Waals surface area contributed by atoms with E-state index in [0.717, 1.165) is 24.0 Å². The van der Waals surface area contributed by atoms with Gasteiger partial charge >= 0.3 is 0 Å². The number of halogens is 1. The van der Waals surface area contributed by atoms with Gasteiger partial charge in [0.05, 0.1) is 19.3 Å². The van der Waals surface area contributed by atoms with Crippen LogP contribution in [-0.2, 0) is 16.0 Å². The number of aryl methyl sites for hydroxylation is 1. The second-order valence-electron chi connectivity index (χ2n) is 5.71. The van der Waals surface area contributed by atoms with E-state index in [4.69, 9.17) is 16.3 Å². The third kappa shape index (κ3) is 4.33. The second-order valence-corrected chi connectivity index (χ2v) is 6.15. The number of carbonyl (C=O) groups is 1. The number of aromatic nitrogens is 2. The van der Waals surface area contributed by atoms with E-state index in [9.17, 15) is 4.79 Å². The number of nitrogens with one attached hydrogen (secondary N) is 1. The topological polar surface area (TPSA) is 58.2 Å². The van der Waals surface area contributed by atoms with Gasteiger partial charge in [-0.05, 0) is 36.1 Å². The Hall–Kier alpha value is -1.85. The molecule has 3 rings (SSSR count). The van der Waals surface area contributed by atoms with Gasteiger partial charge in [0.25, 0.3) is 0 Å². The first-order valence-corrected chi connectivity index (χ1v) is 8.22. The number of ether oxygens (including phenoxy) is 1. The highest BCUT2D eigenvalue weighted by Gasteiger charge is 2.25. The summed E-state index contributed by atoms with van der Waals surface area (Å²) >= 11 is 5.92. The molecule has 0 bridgehead atoms. The molecule has 1 aliphatic rings. The second kappa shape index (κ2) is 7.62. The number of aromatic amines is 1. The number of nitrogens with zero attached hydrogens (tertiary/aromatic N) is 2. The molecule has 1 aliphatic heterocycles. The highest BCUT2D eigenvalue weighted by Crippen LogP contribution is 2.24. The molecule has 122 valence electrons. The van der Waals surface area contributed by atoms with E-state index in [1.807, 2.05) is 35.4 Å². The molecule has 23 heavy (non-hydrogen) atoms. The third-order valence-electron chi connectivity index (χ3n) is 4.07. The standard InChI is InChI=1S/C17H20ClN3O2/c18-15-6-4-14(5-7-15)16-12-21(8-9-23-16)17(22)3-1-2-13-10-19-20-11-13/h4-7,10-11,16H,1-3,8-9,12H2,(H,19,20). The van der Waals surface area contributed by atoms with Crippen molar-refractivity contribution in [2.45, 2.75) is 25.4 Å². The molecular weight excluding hydrogens is 314 g/mol. The minimum atomic E-state index is -0.0705. The summed E-state index contributed by atoms with van der Waals surface area (Å²) in [4.78, 5) is 14.3. The fourth-order valence-electron chi connectivity index (χ4n) is 2.77. The van der Waals surface area contributed by atoms with E-state index in [1.165, 1.54) is 0 Å². The number of rotatable bonds is 5. The van der Waals surface area contributed by atoms with Crippen molar-refractivity contribution >= 4 is 17.5 Å². The van der Waals surface area contributed by atoms with Gasteiger partial charge in [-0.15, -0.1) is 0 Å². The van der Waals surface area contributed by atoms with Crippen molar-refractivity contribution in [2.75, 3.05) is 19.7 Å². The molecular formula is C17H20ClN3O2. The average Bonchev–Trinajstić information content (AvgIpc) is 3.09. The molecule has 1 unspecified atom stereocenters. The Balaban J connectivity index is 1.51. The molecule has 1 amide bonds. The Kier molecular flexibility index (Phi) is 5.31. The van der Waals surface area contributed by atoms with Crippen molar-refractivity contribution in [1.82, 2.24) is 15.1 Å². The van der Waals surface area contributed by atoms with Crippen LogP contribution in [0.15, 0.2) is 36.7 Å². The molecule has 1 aromatic heterocycles. The van der Waals surface area contributed by atoms with Crippen LogP contribution in [0.1, 0.15) is 30.1 Å². The summed E-state index contributed by atoms with van der Waals surface area (Å²) in [5, 5.41) is 7.41. The highest BCUT2D eigenvalue weighted by atomic mass is 35.5. The zero-order valence-electron chi connectivity index (χ0n) is 12.9. The molecule has 6 heteroatoms. The summed E-state index contributed by atoms with van der Waals surface area (Å²) in [6.45, 7) is 1.83. The minimum absolute atomic E-state index is 0.0705. The van der Waals surface area contributed by atoms with Gasteiger partial charge in [0.2, 0.25) is 5.91 Å². The van der Waals surface area contributed by atoms with Crippen LogP contribution in [0.4, 0.5) is 0 Å². The summed E-state index contributed by atoms with van der Waals surface area (Å²) in [6.07, 6.45) is 5.86. The first-order valence-electron chi connectivity index (χ1n) is 7.85. The van der Waals surface area contributed by atoms with Crippen LogP contribution in [0.3, 0.4) is 0 Å². The van der Waals surface area contributed by atoms with E-state index in [2.05, 4.69) is 10.2 Å². The summed E-state index contributed by atoms with van der Waals surface area (Å²) in [5.74, 6) is 0.191. The predicted octanol–water partition coefficient (Wildman–Crippen LogP) is 2.99. The highest BCUT2D eigenvalue weighted by molar-refractivity contribution is 6.30. The van der Waals surface area contributed by atoms with Crippen LogP contribution >= 0.6 is 11.6 Å². The van der Waals surface area contributed by atoms with Gasteiger partial charge in [0.1, 0.15) is 6.10 Å². The van der Waals surface area contributed by atoms with E-state index in [-0.39, 0.29) is 12.0 Å². The van der Waals surface area contributed by atoms with E-state index in [1.54, 1.807) is 6.20 Å². The lowest BCUT2D eigenvalue weighted by Gasteiger charge is -2.33.